The van der Waals surface area contributed by atoms with Gasteiger partial charge in [-0.2, -0.15) is 15.6 Å². The van der Waals surface area contributed by atoms with Crippen LogP contribution in [0.2, 0.25) is 0 Å². The second kappa shape index (κ2) is 8.32. The van der Waals surface area contributed by atoms with E-state index in [1.165, 1.54) is 0 Å². The number of nitrogens with zero attached hydrogens (tertiary/aromatic N) is 3. The number of hydrogen-bond donors (Lipinski definition) is 2. The number of carbonyl (C=O) groups excluding carboxylic acids is 1. The minimum Gasteiger partial charge on any atom is -0.360 e. The summed E-state index contributed by atoms with van der Waals surface area (Å²) < 4.78 is 0. The summed E-state index contributed by atoms with van der Waals surface area (Å²) in [6.07, 6.45) is 1.54. The highest BCUT2D eigenvalue weighted by atomic mass is 16.1. The maximum absolute atomic E-state index is 13.0. The van der Waals surface area contributed by atoms with Crippen LogP contribution in [0.15, 0.2) is 47.7 Å². The fourth-order valence-corrected chi connectivity index (χ4v) is 3.31. The predicted molar refractivity (Wildman–Crippen MR) is 128 cm³/mol. The molecule has 3 rings (SSSR count). The minimum atomic E-state index is -0.510. The number of H-pyrrole nitrogens is 1. The van der Waals surface area contributed by atoms with Crippen molar-refractivity contribution in [2.45, 2.75) is 52.4 Å². The molecule has 0 bridgehead atoms. The SMILES string of the molecule is CC(C)(C)c1cc(N/N=C(\C#N)C(=O)c2c[nH]c3ccc(C#N)cc23)cc(C(C)(C)C)c1. The van der Waals surface area contributed by atoms with E-state index in [0.717, 1.165) is 11.1 Å². The average molecular weight is 426 g/mol. The molecule has 0 aliphatic carbocycles. The van der Waals surface area contributed by atoms with Gasteiger partial charge in [-0.25, -0.2) is 0 Å². The van der Waals surface area contributed by atoms with Crippen LogP contribution in [0.1, 0.15) is 68.6 Å². The van der Waals surface area contributed by atoms with Gasteiger partial charge in [0.2, 0.25) is 11.5 Å². The quantitative estimate of drug-likeness (QED) is 0.313. The van der Waals surface area contributed by atoms with E-state index in [1.54, 1.807) is 24.4 Å². The van der Waals surface area contributed by atoms with Gasteiger partial charge in [-0.3, -0.25) is 10.2 Å². The summed E-state index contributed by atoms with van der Waals surface area (Å²) in [5.41, 5.74) is 6.95. The van der Waals surface area contributed by atoms with Gasteiger partial charge in [-0.05, 0) is 52.3 Å². The molecule has 3 aromatic rings. The molecule has 32 heavy (non-hydrogen) atoms. The zero-order valence-corrected chi connectivity index (χ0v) is 19.3. The molecular formula is C26H27N5O. The Kier molecular flexibility index (Phi) is 5.92. The smallest absolute Gasteiger partial charge is 0.226 e. The van der Waals surface area contributed by atoms with Crippen LogP contribution in [0.3, 0.4) is 0 Å². The Morgan fingerprint density at radius 2 is 1.59 bits per heavy atom. The molecule has 0 saturated carbocycles. The van der Waals surface area contributed by atoms with E-state index in [4.69, 9.17) is 5.26 Å². The molecule has 0 unspecified atom stereocenters. The Balaban J connectivity index is 1.99. The lowest BCUT2D eigenvalue weighted by Gasteiger charge is -2.26. The molecule has 6 heteroatoms. The standard InChI is InChI=1S/C26H27N5O/c1-25(2,3)17-10-18(26(4,5)6)12-19(11-17)30-31-23(14-28)24(32)21-15-29-22-8-7-16(13-27)9-20(21)22/h7-12,15,29-30H,1-6H3/b31-23+. The number of benzene rings is 2. The molecule has 0 saturated heterocycles. The van der Waals surface area contributed by atoms with Gasteiger partial charge in [0.25, 0.3) is 0 Å². The predicted octanol–water partition coefficient (Wildman–Crippen LogP) is 5.81. The lowest BCUT2D eigenvalue weighted by molar-refractivity contribution is 0.106. The Morgan fingerprint density at radius 1 is 0.969 bits per heavy atom. The number of nitriles is 2. The lowest BCUT2D eigenvalue weighted by atomic mass is 9.80. The molecule has 0 radical (unpaired) electrons. The third-order valence-corrected chi connectivity index (χ3v) is 5.34. The largest absolute Gasteiger partial charge is 0.360 e. The Labute approximate surface area is 188 Å². The summed E-state index contributed by atoms with van der Waals surface area (Å²) in [7, 11) is 0. The Morgan fingerprint density at radius 3 is 2.12 bits per heavy atom. The van der Waals surface area contributed by atoms with E-state index < -0.39 is 5.78 Å². The first-order valence-electron chi connectivity index (χ1n) is 10.4. The lowest BCUT2D eigenvalue weighted by Crippen LogP contribution is -2.17. The summed E-state index contributed by atoms with van der Waals surface area (Å²) in [5.74, 6) is -0.510. The Bertz CT molecular complexity index is 1270. The molecule has 0 spiro atoms. The first-order valence-corrected chi connectivity index (χ1v) is 10.4. The monoisotopic (exact) mass is 425 g/mol. The van der Waals surface area contributed by atoms with Gasteiger partial charge in [0.1, 0.15) is 6.07 Å². The third-order valence-electron chi connectivity index (χ3n) is 5.34. The summed E-state index contributed by atoms with van der Waals surface area (Å²) in [6.45, 7) is 12.8. The van der Waals surface area contributed by atoms with Crippen LogP contribution in [0.25, 0.3) is 10.9 Å². The second-order valence-electron chi connectivity index (χ2n) is 9.89. The van der Waals surface area contributed by atoms with Gasteiger partial charge < -0.3 is 4.98 Å². The number of rotatable bonds is 4. The van der Waals surface area contributed by atoms with E-state index in [-0.39, 0.29) is 16.5 Å². The summed E-state index contributed by atoms with van der Waals surface area (Å²) in [4.78, 5) is 16.0. The number of anilines is 1. The van der Waals surface area contributed by atoms with E-state index in [0.29, 0.717) is 27.7 Å². The van der Waals surface area contributed by atoms with Crippen LogP contribution in [-0.4, -0.2) is 16.5 Å². The summed E-state index contributed by atoms with van der Waals surface area (Å²) in [5, 5.41) is 23.5. The molecule has 2 aromatic carbocycles. The van der Waals surface area contributed by atoms with Crippen LogP contribution >= 0.6 is 0 Å². The molecule has 0 atom stereocenters. The van der Waals surface area contributed by atoms with Crippen LogP contribution < -0.4 is 5.43 Å². The fourth-order valence-electron chi connectivity index (χ4n) is 3.31. The normalized spacial score (nSPS) is 12.3. The van der Waals surface area contributed by atoms with E-state index in [2.05, 4.69) is 69.2 Å². The zero-order chi connectivity index (χ0) is 23.7. The maximum Gasteiger partial charge on any atom is 0.226 e. The van der Waals surface area contributed by atoms with Crippen molar-refractivity contribution in [1.29, 1.82) is 10.5 Å². The van der Waals surface area contributed by atoms with E-state index in [1.807, 2.05) is 18.2 Å². The van der Waals surface area contributed by atoms with Crippen molar-refractivity contribution in [3.05, 3.63) is 64.8 Å². The van der Waals surface area contributed by atoms with Gasteiger partial charge in [-0.1, -0.05) is 47.6 Å². The number of hydrazone groups is 1. The number of aromatic amines is 1. The third kappa shape index (κ3) is 4.71. The van der Waals surface area contributed by atoms with Crippen LogP contribution in [0, 0.1) is 22.7 Å². The highest BCUT2D eigenvalue weighted by molar-refractivity contribution is 6.52. The van der Waals surface area contributed by atoms with Crippen molar-refractivity contribution in [3.63, 3.8) is 0 Å². The topological polar surface area (TPSA) is 105 Å². The molecule has 1 heterocycles. The molecule has 0 aliphatic heterocycles. The number of fused-ring (bicyclic) bond motifs is 1. The molecule has 0 amide bonds. The van der Waals surface area contributed by atoms with E-state index >= 15 is 0 Å². The van der Waals surface area contributed by atoms with Gasteiger partial charge in [0.15, 0.2) is 0 Å². The minimum absolute atomic E-state index is 0.0717. The second-order valence-corrected chi connectivity index (χ2v) is 9.89. The van der Waals surface area contributed by atoms with Crippen molar-refractivity contribution in [2.75, 3.05) is 5.43 Å². The van der Waals surface area contributed by atoms with Crippen LogP contribution in [0.4, 0.5) is 5.69 Å². The summed E-state index contributed by atoms with van der Waals surface area (Å²) >= 11 is 0. The highest BCUT2D eigenvalue weighted by Crippen LogP contribution is 2.32. The molecular weight excluding hydrogens is 398 g/mol. The molecule has 1 aromatic heterocycles. The maximum atomic E-state index is 13.0. The Hall–Kier alpha value is -3.90. The number of carbonyl (C=O) groups is 1. The van der Waals surface area contributed by atoms with Gasteiger partial charge in [0, 0.05) is 17.1 Å². The summed E-state index contributed by atoms with van der Waals surface area (Å²) in [6, 6.07) is 15.2. The molecule has 0 aliphatic rings. The molecule has 0 fully saturated rings. The van der Waals surface area contributed by atoms with Gasteiger partial charge in [-0.15, -0.1) is 0 Å². The first-order chi connectivity index (χ1) is 14.9. The van der Waals surface area contributed by atoms with Crippen molar-refractivity contribution < 1.29 is 4.79 Å². The number of aromatic nitrogens is 1. The zero-order valence-electron chi connectivity index (χ0n) is 19.3. The molecule has 162 valence electrons. The van der Waals surface area contributed by atoms with Crippen LogP contribution in [0.5, 0.6) is 0 Å². The van der Waals surface area contributed by atoms with Gasteiger partial charge >= 0.3 is 0 Å². The molecule has 6 nitrogen and oxygen atoms in total. The number of hydrogen-bond acceptors (Lipinski definition) is 5. The molecule has 2 N–H and O–H groups in total. The van der Waals surface area contributed by atoms with Crippen molar-refractivity contribution in [1.82, 2.24) is 4.98 Å². The van der Waals surface area contributed by atoms with Crippen molar-refractivity contribution in [3.8, 4) is 12.1 Å². The number of nitrogens with one attached hydrogen (secondary N) is 2. The van der Waals surface area contributed by atoms with Crippen molar-refractivity contribution >= 4 is 28.1 Å². The average Bonchev–Trinajstić information content (AvgIpc) is 3.15. The van der Waals surface area contributed by atoms with Crippen molar-refractivity contribution in [2.24, 2.45) is 5.10 Å². The van der Waals surface area contributed by atoms with E-state index in [9.17, 15) is 10.1 Å². The first kappa shape index (κ1) is 22.8. The number of Topliss-reactive ketones (excluding diaryl/α,β-unsaturated/α-hetero) is 1. The number of ketones is 1. The highest BCUT2D eigenvalue weighted by Gasteiger charge is 2.22. The van der Waals surface area contributed by atoms with Gasteiger partial charge in [0.05, 0.1) is 22.9 Å². The fraction of sp³-hybridized carbons (Fsp3) is 0.308. The van der Waals surface area contributed by atoms with Crippen LogP contribution in [-0.2, 0) is 10.8 Å².